The van der Waals surface area contributed by atoms with Crippen LogP contribution in [0, 0.1) is 70.0 Å². The van der Waals surface area contributed by atoms with Crippen LogP contribution in [0.3, 0.4) is 0 Å². The molecule has 1 aromatic rings. The molecule has 10 rings (SSSR count). The summed E-state index contributed by atoms with van der Waals surface area (Å²) in [6.45, 7) is 8.25. The van der Waals surface area contributed by atoms with Gasteiger partial charge in [-0.3, -0.25) is 9.59 Å². The summed E-state index contributed by atoms with van der Waals surface area (Å²) in [6.07, 6.45) is 16.6. The van der Waals surface area contributed by atoms with Crippen LogP contribution in [0.15, 0.2) is 24.3 Å². The molecule has 1 spiro atoms. The van der Waals surface area contributed by atoms with Crippen molar-refractivity contribution >= 4 is 39.4 Å². The molecule has 79 heavy (non-hydrogen) atoms. The van der Waals surface area contributed by atoms with Gasteiger partial charge in [0.2, 0.25) is 5.91 Å². The molecule has 3 saturated heterocycles. The van der Waals surface area contributed by atoms with Gasteiger partial charge < -0.3 is 55.7 Å². The van der Waals surface area contributed by atoms with E-state index in [4.69, 9.17) is 14.2 Å². The van der Waals surface area contributed by atoms with Crippen LogP contribution in [0.2, 0.25) is 0 Å². The molecule has 2 saturated carbocycles. The third-order valence-electron chi connectivity index (χ3n) is 21.5. The molecule has 438 valence electrons. The Balaban J connectivity index is 1.08. The van der Waals surface area contributed by atoms with Gasteiger partial charge in [0.25, 0.3) is 0 Å². The molecule has 4 aliphatic heterocycles. The molecule has 14 nitrogen and oxygen atoms in total. The molecule has 0 radical (unpaired) electrons. The van der Waals surface area contributed by atoms with E-state index in [9.17, 15) is 35.1 Å². The Labute approximate surface area is 478 Å². The maximum Gasteiger partial charge on any atom is 0.332 e. The van der Waals surface area contributed by atoms with E-state index in [1.807, 2.05) is 6.92 Å². The maximum absolute atomic E-state index is 15.8. The minimum Gasteiger partial charge on any atom is -0.504 e. The number of allylic oxidation sites excluding steroid dienone is 1. The van der Waals surface area contributed by atoms with Gasteiger partial charge in [-0.2, -0.15) is 0 Å². The monoisotopic (exact) mass is 1130 g/mol. The van der Waals surface area contributed by atoms with Crippen molar-refractivity contribution in [1.29, 1.82) is 0 Å². The molecule has 0 aromatic heterocycles. The molecular formula is C63H93N3O11S2. The standard InChI is InChI=1S/C63H93N3O11S2/c1-39-30-41(14-15-42(39)12-9-29-67)34-65-50-36-78-79-38-60(3,74)33-44-11-8-10-43-31-48-49(61(37-68)22-6-7-23-61)35-75-58-52(71)20-18-47(56(48)58)57(43)62(25-27-64-28-26-62)54(32-53(76-40(2)69)46(44)17-19-51(50)70)77-59(73)63-24-5-4-13-45(63)16-21-55(72)66-63/h14-15,18,20,39,41-46,48-51,53-54,57,64-65,67-68,70-71,74H,4-7,9,11-13,16-17,19,21-38H2,1-3H3,(H,66,72). The van der Waals surface area contributed by atoms with E-state index in [-0.39, 0.29) is 78.3 Å². The first-order valence-electron chi connectivity index (χ1n) is 30.7. The predicted octanol–water partition coefficient (Wildman–Crippen LogP) is 8.46. The summed E-state index contributed by atoms with van der Waals surface area (Å²) in [5.41, 5.74) is -1.44. The molecule has 9 aliphatic rings. The number of hydrogen-bond acceptors (Lipinski definition) is 15. The lowest BCUT2D eigenvalue weighted by atomic mass is 9.51. The molecule has 5 aliphatic carbocycles. The Bertz CT molecular complexity index is 2400. The third kappa shape index (κ3) is 12.5. The van der Waals surface area contributed by atoms with Crippen molar-refractivity contribution in [3.63, 3.8) is 0 Å². The number of fused-ring (bicyclic) bond motifs is 5. The fraction of sp³-hybridized carbons (Fsp3) is 0.794. The van der Waals surface area contributed by atoms with Gasteiger partial charge in [-0.05, 0) is 157 Å². The van der Waals surface area contributed by atoms with Crippen LogP contribution in [0.25, 0.3) is 0 Å². The first-order chi connectivity index (χ1) is 38.1. The summed E-state index contributed by atoms with van der Waals surface area (Å²) >= 11 is 0. The lowest BCUT2D eigenvalue weighted by molar-refractivity contribution is -0.183. The molecular weight excluding hydrogens is 1040 g/mol. The summed E-state index contributed by atoms with van der Waals surface area (Å²) in [5.74, 6) is 8.18. The Hall–Kier alpha value is -3.01. The molecule has 8 N–H and O–H groups in total. The first kappa shape index (κ1) is 59.2. The van der Waals surface area contributed by atoms with E-state index < -0.39 is 52.7 Å². The third-order valence-corrected chi connectivity index (χ3v) is 24.2. The van der Waals surface area contributed by atoms with Crippen molar-refractivity contribution in [3.8, 4) is 23.3 Å². The highest BCUT2D eigenvalue weighted by molar-refractivity contribution is 8.76. The van der Waals surface area contributed by atoms with Gasteiger partial charge in [0.1, 0.15) is 17.7 Å². The van der Waals surface area contributed by atoms with E-state index >= 15 is 4.79 Å². The number of carbonyl (C=O) groups is 3. The quantitative estimate of drug-likeness (QED) is 0.0452. The first-order valence-corrected chi connectivity index (χ1v) is 33.2. The zero-order chi connectivity index (χ0) is 55.5. The van der Waals surface area contributed by atoms with Crippen molar-refractivity contribution in [2.24, 2.45) is 58.2 Å². The molecule has 1 aromatic carbocycles. The lowest BCUT2D eigenvalue weighted by Gasteiger charge is -2.56. The topological polar surface area (TPSA) is 216 Å². The van der Waals surface area contributed by atoms with Gasteiger partial charge in [0, 0.05) is 104 Å². The number of ether oxygens (including phenoxy) is 3. The van der Waals surface area contributed by atoms with Crippen LogP contribution in [-0.2, 0) is 23.9 Å². The molecule has 4 heterocycles. The zero-order valence-electron chi connectivity index (χ0n) is 47.4. The maximum atomic E-state index is 15.8. The number of nitrogens with one attached hydrogen (secondary N) is 3. The molecule has 0 bridgehead atoms. The van der Waals surface area contributed by atoms with Gasteiger partial charge in [-0.15, -0.1) is 5.92 Å². The highest BCUT2D eigenvalue weighted by Gasteiger charge is 2.60. The van der Waals surface area contributed by atoms with Crippen LogP contribution < -0.4 is 20.7 Å². The van der Waals surface area contributed by atoms with Crippen LogP contribution in [0.1, 0.15) is 179 Å². The fourth-order valence-corrected chi connectivity index (χ4v) is 20.2. The van der Waals surface area contributed by atoms with E-state index in [0.717, 1.165) is 75.3 Å². The Morgan fingerprint density at radius 3 is 2.52 bits per heavy atom. The number of phenolic OH excluding ortho intramolecular Hbond substituents is 1. The van der Waals surface area contributed by atoms with Crippen molar-refractivity contribution in [2.45, 2.75) is 203 Å². The number of amides is 1. The average Bonchev–Trinajstić information content (AvgIpc) is 3.63. The van der Waals surface area contributed by atoms with Crippen LogP contribution in [0.4, 0.5) is 0 Å². The van der Waals surface area contributed by atoms with Crippen molar-refractivity contribution in [1.82, 2.24) is 16.0 Å². The number of piperidine rings is 2. The number of aliphatic hydroxyl groups excluding tert-OH is 3. The predicted molar refractivity (Wildman–Crippen MR) is 308 cm³/mol. The van der Waals surface area contributed by atoms with Crippen LogP contribution in [-0.4, -0.2) is 130 Å². The van der Waals surface area contributed by atoms with Crippen molar-refractivity contribution in [2.75, 3.05) is 51.0 Å². The van der Waals surface area contributed by atoms with E-state index in [1.54, 1.807) is 27.7 Å². The summed E-state index contributed by atoms with van der Waals surface area (Å²) in [5, 5.41) is 68.1. The van der Waals surface area contributed by atoms with E-state index in [1.165, 1.54) is 6.92 Å². The van der Waals surface area contributed by atoms with Crippen LogP contribution >= 0.6 is 21.6 Å². The van der Waals surface area contributed by atoms with Gasteiger partial charge in [-0.25, -0.2) is 4.79 Å². The highest BCUT2D eigenvalue weighted by atomic mass is 33.1. The summed E-state index contributed by atoms with van der Waals surface area (Å²) in [7, 11) is 3.29. The van der Waals surface area contributed by atoms with Crippen molar-refractivity contribution in [3.05, 3.63) is 35.4 Å². The van der Waals surface area contributed by atoms with Crippen LogP contribution in [0.5, 0.6) is 11.5 Å². The number of hydrogen-bond donors (Lipinski definition) is 8. The highest BCUT2D eigenvalue weighted by Crippen LogP contribution is 2.65. The molecule has 16 atom stereocenters. The van der Waals surface area contributed by atoms with E-state index in [0.29, 0.717) is 125 Å². The molecule has 5 fully saturated rings. The SMILES string of the molecule is CC(=O)OC1CC(OC(=O)C23CCCCC2CCC(=O)N3)C2(CCNCC2)C2c3ccc(O)c4c3C(CC2C#CCC2CC(C)(O)CSSCC(NCC3C=CC(CCCO)C(C)C3)C(O)CCC21)C(C1(CO)CCCC1)CO4. The number of carbonyl (C=O) groups excluding carboxylic acids is 3. The Morgan fingerprint density at radius 2 is 1.76 bits per heavy atom. The fourth-order valence-electron chi connectivity index (χ4n) is 17.4. The lowest BCUT2D eigenvalue weighted by Crippen LogP contribution is -2.65. The number of esters is 2. The second-order valence-electron chi connectivity index (χ2n) is 26.5. The number of benzene rings is 1. The normalized spacial score (nSPS) is 39.2. The smallest absolute Gasteiger partial charge is 0.332 e. The second-order valence-corrected chi connectivity index (χ2v) is 29.0. The molecule has 16 heteroatoms. The number of rotatable bonds is 11. The zero-order valence-corrected chi connectivity index (χ0v) is 49.0. The largest absolute Gasteiger partial charge is 0.504 e. The van der Waals surface area contributed by atoms with Gasteiger partial charge in [0.05, 0.1) is 18.3 Å². The number of phenols is 1. The number of aromatic hydroxyl groups is 1. The number of aliphatic hydroxyl groups is 4. The van der Waals surface area contributed by atoms with Gasteiger partial charge in [0.15, 0.2) is 11.5 Å². The molecule has 1 amide bonds. The van der Waals surface area contributed by atoms with E-state index in [2.05, 4.69) is 52.9 Å². The molecule has 16 unspecified atom stereocenters. The van der Waals surface area contributed by atoms with Gasteiger partial charge >= 0.3 is 11.9 Å². The minimum atomic E-state index is -1.19. The van der Waals surface area contributed by atoms with Gasteiger partial charge in [-0.1, -0.05) is 78.3 Å². The van der Waals surface area contributed by atoms with Crippen molar-refractivity contribution < 1.29 is 54.1 Å². The minimum absolute atomic E-state index is 0.0134. The second kappa shape index (κ2) is 25.5. The Morgan fingerprint density at radius 1 is 0.962 bits per heavy atom. The Kier molecular flexibility index (Phi) is 19.1. The average molecular weight is 1130 g/mol. The summed E-state index contributed by atoms with van der Waals surface area (Å²) in [6, 6.07) is 3.55. The summed E-state index contributed by atoms with van der Waals surface area (Å²) < 4.78 is 20.8. The summed E-state index contributed by atoms with van der Waals surface area (Å²) in [4.78, 5) is 43.2.